The Morgan fingerprint density at radius 3 is 2.47 bits per heavy atom. The molecule has 9 nitrogen and oxygen atoms in total. The molecule has 0 aliphatic carbocycles. The molecule has 32 heavy (non-hydrogen) atoms. The van der Waals surface area contributed by atoms with Gasteiger partial charge < -0.3 is 14.6 Å². The molecular formula is C21H16Cl2N2O7. The first-order valence-corrected chi connectivity index (χ1v) is 9.82. The lowest BCUT2D eigenvalue weighted by molar-refractivity contribution is -0.144. The van der Waals surface area contributed by atoms with Crippen LogP contribution in [0.3, 0.4) is 0 Å². The molecule has 1 atom stereocenters. The molecule has 0 unspecified atom stereocenters. The van der Waals surface area contributed by atoms with Crippen LogP contribution in [0, 0.1) is 0 Å². The molecule has 166 valence electrons. The Morgan fingerprint density at radius 1 is 1.12 bits per heavy atom. The van der Waals surface area contributed by atoms with Crippen molar-refractivity contribution in [2.24, 2.45) is 0 Å². The van der Waals surface area contributed by atoms with E-state index in [0.717, 1.165) is 4.90 Å². The average molecular weight is 479 g/mol. The van der Waals surface area contributed by atoms with Crippen LogP contribution in [0.1, 0.15) is 12.5 Å². The number of nitrogens with zero attached hydrogens (tertiary/aromatic N) is 1. The number of methoxy groups -OCH3 is 1. The number of carboxylic acids is 1. The van der Waals surface area contributed by atoms with Gasteiger partial charge in [-0.2, -0.15) is 0 Å². The van der Waals surface area contributed by atoms with Gasteiger partial charge in [-0.05, 0) is 48.9 Å². The monoisotopic (exact) mass is 478 g/mol. The summed E-state index contributed by atoms with van der Waals surface area (Å²) < 4.78 is 10.5. The molecule has 2 aromatic carbocycles. The van der Waals surface area contributed by atoms with Crippen LogP contribution in [-0.4, -0.2) is 42.1 Å². The van der Waals surface area contributed by atoms with E-state index < -0.39 is 29.9 Å². The zero-order valence-corrected chi connectivity index (χ0v) is 18.2. The van der Waals surface area contributed by atoms with Crippen molar-refractivity contribution >= 4 is 58.8 Å². The number of amides is 4. The maximum Gasteiger partial charge on any atom is 0.344 e. The number of ether oxygens (including phenoxy) is 2. The van der Waals surface area contributed by atoms with Gasteiger partial charge in [-0.25, -0.2) is 14.5 Å². The smallest absolute Gasteiger partial charge is 0.344 e. The van der Waals surface area contributed by atoms with Crippen LogP contribution < -0.4 is 19.7 Å². The van der Waals surface area contributed by atoms with E-state index in [0.29, 0.717) is 10.6 Å². The number of benzene rings is 2. The van der Waals surface area contributed by atoms with Crippen LogP contribution in [0.2, 0.25) is 10.0 Å². The molecule has 1 fully saturated rings. The van der Waals surface area contributed by atoms with Crippen LogP contribution in [0.15, 0.2) is 42.0 Å². The Balaban J connectivity index is 1.97. The normalized spacial score (nSPS) is 16.1. The van der Waals surface area contributed by atoms with Crippen molar-refractivity contribution in [3.8, 4) is 11.5 Å². The quantitative estimate of drug-likeness (QED) is 0.480. The Labute approximate surface area is 192 Å². The van der Waals surface area contributed by atoms with Crippen LogP contribution in [-0.2, 0) is 14.4 Å². The number of aliphatic carboxylic acids is 1. The van der Waals surface area contributed by atoms with Gasteiger partial charge in [0.1, 0.15) is 5.57 Å². The molecule has 0 saturated carbocycles. The SMILES string of the molecule is COc1cc(/C=C2/C(=O)NC(=O)N(c3ccc(Cl)cc3Cl)C2=O)ccc1O[C@@H](C)C(=O)O. The second-order valence-corrected chi connectivity index (χ2v) is 7.41. The number of imide groups is 2. The van der Waals surface area contributed by atoms with Gasteiger partial charge in [-0.15, -0.1) is 0 Å². The predicted octanol–water partition coefficient (Wildman–Crippen LogP) is 3.52. The largest absolute Gasteiger partial charge is 0.493 e. The summed E-state index contributed by atoms with van der Waals surface area (Å²) in [5.74, 6) is -2.59. The number of carbonyl (C=O) groups excluding carboxylic acids is 3. The van der Waals surface area contributed by atoms with Crippen molar-refractivity contribution in [2.75, 3.05) is 12.0 Å². The Bertz CT molecular complexity index is 1160. The minimum Gasteiger partial charge on any atom is -0.493 e. The summed E-state index contributed by atoms with van der Waals surface area (Å²) in [5, 5.41) is 11.5. The summed E-state index contributed by atoms with van der Waals surface area (Å²) in [4.78, 5) is 49.4. The van der Waals surface area contributed by atoms with E-state index in [1.807, 2.05) is 0 Å². The number of barbiturate groups is 1. The predicted molar refractivity (Wildman–Crippen MR) is 116 cm³/mol. The van der Waals surface area contributed by atoms with Gasteiger partial charge >= 0.3 is 12.0 Å². The summed E-state index contributed by atoms with van der Waals surface area (Å²) in [7, 11) is 1.35. The lowest BCUT2D eigenvalue weighted by Crippen LogP contribution is -2.54. The van der Waals surface area contributed by atoms with Crippen molar-refractivity contribution in [3.05, 3.63) is 57.6 Å². The molecule has 0 radical (unpaired) electrons. The molecule has 0 aromatic heterocycles. The van der Waals surface area contributed by atoms with Gasteiger partial charge in [0.05, 0.1) is 17.8 Å². The number of urea groups is 1. The lowest BCUT2D eigenvalue weighted by atomic mass is 10.1. The lowest BCUT2D eigenvalue weighted by Gasteiger charge is -2.27. The maximum atomic E-state index is 13.0. The van der Waals surface area contributed by atoms with Crippen molar-refractivity contribution in [1.82, 2.24) is 5.32 Å². The summed E-state index contributed by atoms with van der Waals surface area (Å²) in [5.41, 5.74) is 0.0957. The molecule has 1 saturated heterocycles. The number of halogens is 2. The van der Waals surface area contributed by atoms with Crippen molar-refractivity contribution < 1.29 is 33.8 Å². The zero-order chi connectivity index (χ0) is 23.6. The zero-order valence-electron chi connectivity index (χ0n) is 16.7. The number of carbonyl (C=O) groups is 4. The second kappa shape index (κ2) is 9.29. The van der Waals surface area contributed by atoms with E-state index >= 15 is 0 Å². The highest BCUT2D eigenvalue weighted by molar-refractivity contribution is 6.42. The molecule has 0 bridgehead atoms. The highest BCUT2D eigenvalue weighted by atomic mass is 35.5. The Hall–Kier alpha value is -3.56. The molecule has 2 aromatic rings. The van der Waals surface area contributed by atoms with Crippen LogP contribution in [0.5, 0.6) is 11.5 Å². The van der Waals surface area contributed by atoms with Crippen LogP contribution in [0.25, 0.3) is 6.08 Å². The fourth-order valence-corrected chi connectivity index (χ4v) is 3.31. The molecule has 1 aliphatic rings. The Kier molecular flexibility index (Phi) is 6.71. The van der Waals surface area contributed by atoms with E-state index in [-0.39, 0.29) is 27.8 Å². The van der Waals surface area contributed by atoms with Gasteiger partial charge in [0, 0.05) is 5.02 Å². The molecule has 11 heteroatoms. The first-order valence-electron chi connectivity index (χ1n) is 9.06. The molecule has 2 N–H and O–H groups in total. The summed E-state index contributed by atoms with van der Waals surface area (Å²) in [6, 6.07) is 7.63. The summed E-state index contributed by atoms with van der Waals surface area (Å²) in [6.07, 6.45) is 0.135. The summed E-state index contributed by atoms with van der Waals surface area (Å²) >= 11 is 12.0. The number of anilines is 1. The average Bonchev–Trinajstić information content (AvgIpc) is 2.73. The molecule has 3 rings (SSSR count). The van der Waals surface area contributed by atoms with Gasteiger partial charge in [0.25, 0.3) is 11.8 Å². The van der Waals surface area contributed by atoms with Gasteiger partial charge in [0.15, 0.2) is 17.6 Å². The minimum atomic E-state index is -1.16. The van der Waals surface area contributed by atoms with Crippen LogP contribution >= 0.6 is 23.2 Å². The number of rotatable bonds is 6. The second-order valence-electron chi connectivity index (χ2n) is 6.56. The topological polar surface area (TPSA) is 122 Å². The van der Waals surface area contributed by atoms with Gasteiger partial charge in [-0.3, -0.25) is 14.9 Å². The molecule has 1 aliphatic heterocycles. The number of hydrogen-bond acceptors (Lipinski definition) is 6. The molecular weight excluding hydrogens is 463 g/mol. The van der Waals surface area contributed by atoms with E-state index in [1.54, 1.807) is 0 Å². The summed E-state index contributed by atoms with van der Waals surface area (Å²) in [6.45, 7) is 1.36. The third-order valence-corrected chi connectivity index (χ3v) is 4.94. The van der Waals surface area contributed by atoms with E-state index in [9.17, 15) is 19.2 Å². The highest BCUT2D eigenvalue weighted by Gasteiger charge is 2.37. The highest BCUT2D eigenvalue weighted by Crippen LogP contribution is 2.33. The first kappa shape index (κ1) is 23.1. The van der Waals surface area contributed by atoms with Gasteiger partial charge in [0.2, 0.25) is 0 Å². The van der Waals surface area contributed by atoms with E-state index in [1.165, 1.54) is 56.5 Å². The van der Waals surface area contributed by atoms with Crippen molar-refractivity contribution in [3.63, 3.8) is 0 Å². The van der Waals surface area contributed by atoms with E-state index in [2.05, 4.69) is 5.32 Å². The third-order valence-electron chi connectivity index (χ3n) is 4.40. The van der Waals surface area contributed by atoms with Gasteiger partial charge in [-0.1, -0.05) is 29.3 Å². The standard InChI is InChI=1S/C21H16Cl2N2O7/c1-10(20(28)29)32-16-6-3-11(8-17(16)31-2)7-13-18(26)24-21(30)25(19(13)27)15-5-4-12(22)9-14(15)23/h3-10H,1-2H3,(H,28,29)(H,24,26,30)/b13-7-/t10-/m0/s1. The number of carboxylic acid groups (broad SMARTS) is 1. The molecule has 4 amide bonds. The maximum absolute atomic E-state index is 13.0. The number of nitrogens with one attached hydrogen (secondary N) is 1. The van der Waals surface area contributed by atoms with Crippen molar-refractivity contribution in [1.29, 1.82) is 0 Å². The minimum absolute atomic E-state index is 0.0467. The first-order chi connectivity index (χ1) is 15.1. The fraction of sp³-hybridized carbons (Fsp3) is 0.143. The fourth-order valence-electron chi connectivity index (χ4n) is 2.82. The van der Waals surface area contributed by atoms with Crippen molar-refractivity contribution in [2.45, 2.75) is 13.0 Å². The number of hydrogen-bond donors (Lipinski definition) is 2. The molecule has 0 spiro atoms. The third kappa shape index (κ3) is 4.68. The Morgan fingerprint density at radius 2 is 1.84 bits per heavy atom. The van der Waals surface area contributed by atoms with Crippen LogP contribution in [0.4, 0.5) is 10.5 Å². The van der Waals surface area contributed by atoms with E-state index in [4.69, 9.17) is 37.8 Å². The molecule has 1 heterocycles.